The molecule has 1 heterocycles. The van der Waals surface area contributed by atoms with Gasteiger partial charge in [-0.3, -0.25) is 4.79 Å². The highest BCUT2D eigenvalue weighted by Gasteiger charge is 2.41. The summed E-state index contributed by atoms with van der Waals surface area (Å²) in [5.74, 6) is 0.334. The second-order valence-corrected chi connectivity index (χ2v) is 6.66. The normalized spacial score (nSPS) is 25.3. The number of hydrogen-bond acceptors (Lipinski definition) is 3. The van der Waals surface area contributed by atoms with Gasteiger partial charge in [-0.25, -0.2) is 0 Å². The van der Waals surface area contributed by atoms with E-state index in [9.17, 15) is 9.90 Å². The van der Waals surface area contributed by atoms with E-state index in [0.717, 1.165) is 18.4 Å². The smallest absolute Gasteiger partial charge is 0.226 e. The fourth-order valence-corrected chi connectivity index (χ4v) is 3.31. The van der Waals surface area contributed by atoms with Crippen LogP contribution < -0.4 is 0 Å². The number of hydrogen-bond donors (Lipinski definition) is 1. The van der Waals surface area contributed by atoms with Crippen LogP contribution in [-0.4, -0.2) is 41.8 Å². The SMILES string of the molecule is O=C(C1CC1)N1CCO[C@H](CCO)C1c1ccc(Cl)c(Cl)c1. The van der Waals surface area contributed by atoms with E-state index in [-0.39, 0.29) is 30.6 Å². The first kappa shape index (κ1) is 16.1. The summed E-state index contributed by atoms with van der Waals surface area (Å²) in [5.41, 5.74) is 0.904. The zero-order valence-corrected chi connectivity index (χ0v) is 13.7. The topological polar surface area (TPSA) is 49.8 Å². The number of benzene rings is 1. The molecule has 1 amide bonds. The third-order valence-corrected chi connectivity index (χ3v) is 5.00. The van der Waals surface area contributed by atoms with E-state index in [1.54, 1.807) is 12.1 Å². The fraction of sp³-hybridized carbons (Fsp3) is 0.562. The number of ether oxygens (including phenoxy) is 1. The lowest BCUT2D eigenvalue weighted by molar-refractivity contribution is -0.149. The summed E-state index contributed by atoms with van der Waals surface area (Å²) in [7, 11) is 0. The van der Waals surface area contributed by atoms with Crippen LogP contribution in [0.5, 0.6) is 0 Å². The van der Waals surface area contributed by atoms with Gasteiger partial charge in [0.15, 0.2) is 0 Å². The molecule has 3 rings (SSSR count). The van der Waals surface area contributed by atoms with E-state index >= 15 is 0 Å². The Morgan fingerprint density at radius 1 is 1.32 bits per heavy atom. The third kappa shape index (κ3) is 3.25. The van der Waals surface area contributed by atoms with Crippen molar-refractivity contribution in [1.82, 2.24) is 4.90 Å². The van der Waals surface area contributed by atoms with Crippen LogP contribution in [0.1, 0.15) is 30.9 Å². The summed E-state index contributed by atoms with van der Waals surface area (Å²) in [6.45, 7) is 1.09. The molecule has 4 nitrogen and oxygen atoms in total. The summed E-state index contributed by atoms with van der Waals surface area (Å²) in [4.78, 5) is 14.5. The molecule has 0 spiro atoms. The number of morpholine rings is 1. The van der Waals surface area contributed by atoms with Crippen LogP contribution in [-0.2, 0) is 9.53 Å². The Labute approximate surface area is 140 Å². The van der Waals surface area contributed by atoms with E-state index in [0.29, 0.717) is 29.6 Å². The van der Waals surface area contributed by atoms with Gasteiger partial charge in [0.2, 0.25) is 5.91 Å². The summed E-state index contributed by atoms with van der Waals surface area (Å²) < 4.78 is 5.81. The molecule has 1 saturated carbocycles. The van der Waals surface area contributed by atoms with Gasteiger partial charge in [0.1, 0.15) is 0 Å². The van der Waals surface area contributed by atoms with Gasteiger partial charge in [-0.2, -0.15) is 0 Å². The fourth-order valence-electron chi connectivity index (χ4n) is 3.00. The molecule has 0 bridgehead atoms. The second kappa shape index (κ2) is 6.75. The van der Waals surface area contributed by atoms with Crippen LogP contribution in [0.2, 0.25) is 10.0 Å². The monoisotopic (exact) mass is 343 g/mol. The molecule has 6 heteroatoms. The number of aliphatic hydroxyl groups is 1. The van der Waals surface area contributed by atoms with Crippen molar-refractivity contribution in [3.8, 4) is 0 Å². The molecule has 1 unspecified atom stereocenters. The molecular weight excluding hydrogens is 325 g/mol. The van der Waals surface area contributed by atoms with Crippen molar-refractivity contribution in [2.24, 2.45) is 5.92 Å². The van der Waals surface area contributed by atoms with Gasteiger partial charge in [-0.1, -0.05) is 29.3 Å². The highest BCUT2D eigenvalue weighted by molar-refractivity contribution is 6.42. The maximum atomic E-state index is 12.6. The van der Waals surface area contributed by atoms with Gasteiger partial charge in [0.05, 0.1) is 28.8 Å². The summed E-state index contributed by atoms with van der Waals surface area (Å²) in [6, 6.07) is 5.19. The minimum Gasteiger partial charge on any atom is -0.396 e. The largest absolute Gasteiger partial charge is 0.396 e. The van der Waals surface area contributed by atoms with Crippen LogP contribution in [0, 0.1) is 5.92 Å². The standard InChI is InChI=1S/C16H19Cl2NO3/c17-12-4-3-11(9-13(12)18)15-14(5-7-20)22-8-6-19(15)16(21)10-1-2-10/h3-4,9-10,14-15,20H,1-2,5-8H2/t14-,15?/m1/s1. The number of carbonyl (C=O) groups is 1. The molecule has 1 aromatic carbocycles. The number of amides is 1. The number of aliphatic hydroxyl groups excluding tert-OH is 1. The van der Waals surface area contributed by atoms with Crippen LogP contribution in [0.15, 0.2) is 18.2 Å². The Bertz CT molecular complexity index is 560. The molecule has 0 aromatic heterocycles. The van der Waals surface area contributed by atoms with Crippen molar-refractivity contribution in [2.75, 3.05) is 19.8 Å². The van der Waals surface area contributed by atoms with Crippen molar-refractivity contribution in [2.45, 2.75) is 31.4 Å². The van der Waals surface area contributed by atoms with Crippen molar-refractivity contribution >= 4 is 29.1 Å². The zero-order valence-electron chi connectivity index (χ0n) is 12.2. The quantitative estimate of drug-likeness (QED) is 0.913. The Kier molecular flexibility index (Phi) is 4.93. The number of nitrogens with zero attached hydrogens (tertiary/aromatic N) is 1. The molecule has 1 aromatic rings. The van der Waals surface area contributed by atoms with E-state index in [2.05, 4.69) is 0 Å². The predicted molar refractivity (Wildman–Crippen MR) is 85.1 cm³/mol. The molecule has 1 aliphatic carbocycles. The Balaban J connectivity index is 1.93. The predicted octanol–water partition coefficient (Wildman–Crippen LogP) is 3.05. The van der Waals surface area contributed by atoms with Gasteiger partial charge >= 0.3 is 0 Å². The van der Waals surface area contributed by atoms with E-state index < -0.39 is 0 Å². The molecule has 2 fully saturated rings. The van der Waals surface area contributed by atoms with Gasteiger partial charge < -0.3 is 14.7 Å². The molecule has 2 aliphatic rings. The first-order chi connectivity index (χ1) is 10.6. The number of rotatable bonds is 4. The van der Waals surface area contributed by atoms with E-state index in [1.165, 1.54) is 0 Å². The van der Waals surface area contributed by atoms with Gasteiger partial charge in [-0.15, -0.1) is 0 Å². The van der Waals surface area contributed by atoms with Crippen molar-refractivity contribution in [3.05, 3.63) is 33.8 Å². The average Bonchev–Trinajstić information content (AvgIpc) is 3.34. The Morgan fingerprint density at radius 3 is 2.73 bits per heavy atom. The highest BCUT2D eigenvalue weighted by atomic mass is 35.5. The third-order valence-electron chi connectivity index (χ3n) is 4.26. The molecule has 22 heavy (non-hydrogen) atoms. The van der Waals surface area contributed by atoms with Crippen molar-refractivity contribution in [3.63, 3.8) is 0 Å². The minimum atomic E-state index is -0.223. The summed E-state index contributed by atoms with van der Waals surface area (Å²) in [5, 5.41) is 10.2. The molecular formula is C16H19Cl2NO3. The molecule has 2 atom stereocenters. The van der Waals surface area contributed by atoms with Gasteiger partial charge in [0.25, 0.3) is 0 Å². The first-order valence-electron chi connectivity index (χ1n) is 7.59. The van der Waals surface area contributed by atoms with Gasteiger partial charge in [0, 0.05) is 19.1 Å². The van der Waals surface area contributed by atoms with Crippen molar-refractivity contribution in [1.29, 1.82) is 0 Å². The number of carbonyl (C=O) groups excluding carboxylic acids is 1. The maximum absolute atomic E-state index is 12.6. The average molecular weight is 344 g/mol. The summed E-state index contributed by atoms with van der Waals surface area (Å²) >= 11 is 12.1. The number of halogens is 2. The van der Waals surface area contributed by atoms with Crippen LogP contribution >= 0.6 is 23.2 Å². The van der Waals surface area contributed by atoms with Crippen LogP contribution in [0.25, 0.3) is 0 Å². The second-order valence-electron chi connectivity index (χ2n) is 5.85. The molecule has 0 radical (unpaired) electrons. The van der Waals surface area contributed by atoms with Crippen LogP contribution in [0.3, 0.4) is 0 Å². The first-order valence-corrected chi connectivity index (χ1v) is 8.35. The maximum Gasteiger partial charge on any atom is 0.226 e. The Morgan fingerprint density at radius 2 is 2.09 bits per heavy atom. The van der Waals surface area contributed by atoms with Crippen molar-refractivity contribution < 1.29 is 14.6 Å². The molecule has 1 N–H and O–H groups in total. The van der Waals surface area contributed by atoms with E-state index in [1.807, 2.05) is 11.0 Å². The molecule has 1 saturated heterocycles. The lowest BCUT2D eigenvalue weighted by atomic mass is 9.95. The minimum absolute atomic E-state index is 0.0218. The highest BCUT2D eigenvalue weighted by Crippen LogP contribution is 2.39. The van der Waals surface area contributed by atoms with Gasteiger partial charge in [-0.05, 0) is 37.0 Å². The molecule has 1 aliphatic heterocycles. The van der Waals surface area contributed by atoms with Crippen LogP contribution in [0.4, 0.5) is 0 Å². The van der Waals surface area contributed by atoms with E-state index in [4.69, 9.17) is 27.9 Å². The lowest BCUT2D eigenvalue weighted by Crippen LogP contribution is -2.49. The molecule has 120 valence electrons. The zero-order chi connectivity index (χ0) is 15.7. The Hall–Kier alpha value is -0.810. The summed E-state index contributed by atoms with van der Waals surface area (Å²) in [6.07, 6.45) is 2.20. The lowest BCUT2D eigenvalue weighted by Gasteiger charge is -2.41.